The van der Waals surface area contributed by atoms with E-state index in [1.54, 1.807) is 11.8 Å². The zero-order chi connectivity index (χ0) is 15.9. The van der Waals surface area contributed by atoms with Crippen molar-refractivity contribution in [1.29, 1.82) is 0 Å². The van der Waals surface area contributed by atoms with Crippen molar-refractivity contribution >= 4 is 11.8 Å². The third-order valence-electron chi connectivity index (χ3n) is 3.63. The molecular formula is C19H21N3S. The van der Waals surface area contributed by atoms with E-state index in [0.717, 1.165) is 52.8 Å². The summed E-state index contributed by atoms with van der Waals surface area (Å²) >= 11 is 1.76. The Morgan fingerprint density at radius 2 is 1.52 bits per heavy atom. The molecule has 0 bridgehead atoms. The molecule has 0 amide bonds. The van der Waals surface area contributed by atoms with E-state index in [-0.39, 0.29) is 0 Å². The molecule has 0 aliphatic rings. The van der Waals surface area contributed by atoms with Gasteiger partial charge in [-0.1, -0.05) is 72.4 Å². The number of imidazole rings is 1. The first-order valence-electron chi connectivity index (χ1n) is 7.92. The number of thioether (sulfide) groups is 1. The van der Waals surface area contributed by atoms with E-state index in [4.69, 9.17) is 10.7 Å². The van der Waals surface area contributed by atoms with Gasteiger partial charge in [-0.2, -0.15) is 0 Å². The number of nitrogens with zero attached hydrogens (tertiary/aromatic N) is 1. The summed E-state index contributed by atoms with van der Waals surface area (Å²) in [5.74, 6) is 1.03. The lowest BCUT2D eigenvalue weighted by molar-refractivity contribution is 0.813. The van der Waals surface area contributed by atoms with Crippen LogP contribution in [0.2, 0.25) is 0 Å². The second kappa shape index (κ2) is 7.99. The van der Waals surface area contributed by atoms with Crippen molar-refractivity contribution in [1.82, 2.24) is 9.97 Å². The summed E-state index contributed by atoms with van der Waals surface area (Å²) in [5.41, 5.74) is 9.94. The lowest BCUT2D eigenvalue weighted by Gasteiger charge is -2.02. The Kier molecular flexibility index (Phi) is 5.51. The van der Waals surface area contributed by atoms with Crippen LogP contribution in [0.1, 0.15) is 12.8 Å². The molecule has 118 valence electrons. The van der Waals surface area contributed by atoms with Crippen LogP contribution in [0.3, 0.4) is 0 Å². The Morgan fingerprint density at radius 1 is 0.870 bits per heavy atom. The van der Waals surface area contributed by atoms with Gasteiger partial charge in [0.05, 0.1) is 11.4 Å². The van der Waals surface area contributed by atoms with Crippen LogP contribution in [-0.2, 0) is 0 Å². The number of aromatic nitrogens is 2. The van der Waals surface area contributed by atoms with Gasteiger partial charge >= 0.3 is 0 Å². The van der Waals surface area contributed by atoms with Gasteiger partial charge < -0.3 is 10.7 Å². The third kappa shape index (κ3) is 4.03. The van der Waals surface area contributed by atoms with Gasteiger partial charge in [0.15, 0.2) is 5.16 Å². The summed E-state index contributed by atoms with van der Waals surface area (Å²) in [4.78, 5) is 8.32. The van der Waals surface area contributed by atoms with Crippen molar-refractivity contribution in [2.45, 2.75) is 18.0 Å². The molecule has 3 N–H and O–H groups in total. The van der Waals surface area contributed by atoms with Crippen molar-refractivity contribution in [2.75, 3.05) is 12.3 Å². The zero-order valence-electron chi connectivity index (χ0n) is 13.0. The Labute approximate surface area is 141 Å². The number of hydrogen-bond donors (Lipinski definition) is 2. The van der Waals surface area contributed by atoms with E-state index in [9.17, 15) is 0 Å². The van der Waals surface area contributed by atoms with Crippen LogP contribution in [0, 0.1) is 0 Å². The van der Waals surface area contributed by atoms with E-state index in [1.165, 1.54) is 0 Å². The Hall–Kier alpha value is -2.04. The van der Waals surface area contributed by atoms with Gasteiger partial charge in [0, 0.05) is 16.9 Å². The molecule has 3 rings (SSSR count). The molecule has 0 aliphatic carbocycles. The standard InChI is InChI=1S/C19H21N3S/c20-13-7-8-14-23-19-21-17(15-9-3-1-4-10-15)18(22-19)16-11-5-2-6-12-16/h1-6,9-12H,7-8,13-14,20H2,(H,21,22). The SMILES string of the molecule is NCCCCSc1nc(-c2ccccc2)c(-c2ccccc2)[nH]1. The molecule has 3 nitrogen and oxygen atoms in total. The van der Waals surface area contributed by atoms with E-state index < -0.39 is 0 Å². The molecule has 0 aliphatic heterocycles. The number of aromatic amines is 1. The highest BCUT2D eigenvalue weighted by molar-refractivity contribution is 7.99. The average molecular weight is 323 g/mol. The molecule has 0 unspecified atom stereocenters. The minimum absolute atomic E-state index is 0.753. The van der Waals surface area contributed by atoms with Gasteiger partial charge in [-0.25, -0.2) is 4.98 Å². The van der Waals surface area contributed by atoms with Crippen molar-refractivity contribution in [2.24, 2.45) is 5.73 Å². The second-order valence-corrected chi connectivity index (χ2v) is 6.43. The highest BCUT2D eigenvalue weighted by Crippen LogP contribution is 2.32. The van der Waals surface area contributed by atoms with Crippen LogP contribution >= 0.6 is 11.8 Å². The molecule has 0 radical (unpaired) electrons. The first-order valence-corrected chi connectivity index (χ1v) is 8.91. The van der Waals surface area contributed by atoms with Gasteiger partial charge in [-0.05, 0) is 19.4 Å². The number of nitrogens with two attached hydrogens (primary N) is 1. The molecule has 3 aromatic rings. The molecule has 1 aromatic heterocycles. The highest BCUT2D eigenvalue weighted by atomic mass is 32.2. The highest BCUT2D eigenvalue weighted by Gasteiger charge is 2.13. The predicted molar refractivity (Wildman–Crippen MR) is 98.5 cm³/mol. The van der Waals surface area contributed by atoms with Crippen molar-refractivity contribution < 1.29 is 0 Å². The summed E-state index contributed by atoms with van der Waals surface area (Å²) in [6, 6.07) is 20.7. The van der Waals surface area contributed by atoms with E-state index in [2.05, 4.69) is 41.4 Å². The first kappa shape index (κ1) is 15.8. The fourth-order valence-corrected chi connectivity index (χ4v) is 3.33. The monoisotopic (exact) mass is 323 g/mol. The molecule has 0 fully saturated rings. The van der Waals surface area contributed by atoms with Gasteiger partial charge in [-0.15, -0.1) is 0 Å². The fourth-order valence-electron chi connectivity index (χ4n) is 2.45. The van der Waals surface area contributed by atoms with Crippen LogP contribution in [0.25, 0.3) is 22.5 Å². The van der Waals surface area contributed by atoms with Gasteiger partial charge in [-0.3, -0.25) is 0 Å². The van der Waals surface area contributed by atoms with Crippen LogP contribution in [0.4, 0.5) is 0 Å². The Morgan fingerprint density at radius 3 is 2.17 bits per heavy atom. The quantitative estimate of drug-likeness (QED) is 0.494. The molecule has 1 heterocycles. The lowest BCUT2D eigenvalue weighted by Crippen LogP contribution is -1.98. The summed E-state index contributed by atoms with van der Waals surface area (Å²) in [5, 5.41) is 0.972. The minimum atomic E-state index is 0.753. The number of hydrogen-bond acceptors (Lipinski definition) is 3. The average Bonchev–Trinajstić information content (AvgIpc) is 3.05. The van der Waals surface area contributed by atoms with Gasteiger partial charge in [0.25, 0.3) is 0 Å². The number of nitrogens with one attached hydrogen (secondary N) is 1. The minimum Gasteiger partial charge on any atom is -0.332 e. The van der Waals surface area contributed by atoms with Crippen molar-refractivity contribution in [3.05, 3.63) is 60.7 Å². The molecule has 0 spiro atoms. The molecule has 0 atom stereocenters. The number of H-pyrrole nitrogens is 1. The molecule has 0 saturated carbocycles. The van der Waals surface area contributed by atoms with E-state index in [0.29, 0.717) is 0 Å². The fraction of sp³-hybridized carbons (Fsp3) is 0.211. The van der Waals surface area contributed by atoms with E-state index >= 15 is 0 Å². The number of benzene rings is 2. The lowest BCUT2D eigenvalue weighted by atomic mass is 10.1. The summed E-state index contributed by atoms with van der Waals surface area (Å²) in [6.45, 7) is 0.753. The first-order chi connectivity index (χ1) is 11.4. The molecule has 0 saturated heterocycles. The van der Waals surface area contributed by atoms with Crippen molar-refractivity contribution in [3.8, 4) is 22.5 Å². The molecule has 23 heavy (non-hydrogen) atoms. The smallest absolute Gasteiger partial charge is 0.166 e. The largest absolute Gasteiger partial charge is 0.332 e. The number of unbranched alkanes of at least 4 members (excludes halogenated alkanes) is 1. The number of rotatable bonds is 7. The van der Waals surface area contributed by atoms with Crippen molar-refractivity contribution in [3.63, 3.8) is 0 Å². The normalized spacial score (nSPS) is 10.8. The Balaban J connectivity index is 1.91. The van der Waals surface area contributed by atoms with Crippen LogP contribution < -0.4 is 5.73 Å². The maximum Gasteiger partial charge on any atom is 0.166 e. The second-order valence-electron chi connectivity index (χ2n) is 5.34. The van der Waals surface area contributed by atoms with Gasteiger partial charge in [0.2, 0.25) is 0 Å². The summed E-state index contributed by atoms with van der Waals surface area (Å²) < 4.78 is 0. The topological polar surface area (TPSA) is 54.7 Å². The predicted octanol–water partition coefficient (Wildman–Crippen LogP) is 4.57. The van der Waals surface area contributed by atoms with Crippen LogP contribution in [0.15, 0.2) is 65.8 Å². The van der Waals surface area contributed by atoms with Crippen LogP contribution in [0.5, 0.6) is 0 Å². The summed E-state index contributed by atoms with van der Waals surface area (Å²) in [6.07, 6.45) is 2.17. The maximum absolute atomic E-state index is 5.56. The molecule has 4 heteroatoms. The summed E-state index contributed by atoms with van der Waals surface area (Å²) in [7, 11) is 0. The molecule has 2 aromatic carbocycles. The maximum atomic E-state index is 5.56. The molecular weight excluding hydrogens is 302 g/mol. The van der Waals surface area contributed by atoms with Gasteiger partial charge in [0.1, 0.15) is 0 Å². The zero-order valence-corrected chi connectivity index (χ0v) is 13.9. The Bertz CT molecular complexity index is 666. The van der Waals surface area contributed by atoms with E-state index in [1.807, 2.05) is 24.3 Å². The van der Waals surface area contributed by atoms with Crippen LogP contribution in [-0.4, -0.2) is 22.3 Å². The third-order valence-corrected chi connectivity index (χ3v) is 4.59.